The van der Waals surface area contributed by atoms with Gasteiger partial charge in [0.1, 0.15) is 0 Å². The van der Waals surface area contributed by atoms with Crippen LogP contribution in [0.1, 0.15) is 48.1 Å². The van der Waals surface area contributed by atoms with Gasteiger partial charge in [-0.3, -0.25) is 4.57 Å². The second kappa shape index (κ2) is 11.2. The Bertz CT molecular complexity index is 679. The number of aliphatic hydroxyl groups excluding tert-OH is 1. The number of benzene rings is 1. The first-order valence-electron chi connectivity index (χ1n) is 8.97. The number of hydrogen-bond donors (Lipinski definition) is 4. The summed E-state index contributed by atoms with van der Waals surface area (Å²) in [6, 6.07) is 6.41. The molecule has 27 heavy (non-hydrogen) atoms. The molecular weight excluding hydrogens is 360 g/mol. The number of allylic oxidation sites excluding steroid dienone is 2. The van der Waals surface area contributed by atoms with E-state index in [2.05, 4.69) is 17.5 Å². The standard InChI is InChI=1S/C19H28NO5P.Li.H/c1-14(16-7-9-17(10-8-16)19(22)23)20-11-18(21)13-26(24,25)12-15-5-3-2-4-6-15;;/h2-3,7-10,14-15,18,20-21H,4-6,11-13H2,1H3,(H,22,23)(H,24,25);;/t14-,15?,18+;;/m0../s1. The number of carboxylic acids is 1. The third-order valence-electron chi connectivity index (χ3n) is 4.73. The van der Waals surface area contributed by atoms with Crippen molar-refractivity contribution in [2.24, 2.45) is 5.92 Å². The van der Waals surface area contributed by atoms with Crippen LogP contribution in [0.25, 0.3) is 0 Å². The molecule has 0 amide bonds. The predicted octanol–water partition coefficient (Wildman–Crippen LogP) is 2.37. The van der Waals surface area contributed by atoms with Crippen molar-refractivity contribution in [3.63, 3.8) is 0 Å². The van der Waals surface area contributed by atoms with Crippen LogP contribution < -0.4 is 5.32 Å². The summed E-state index contributed by atoms with van der Waals surface area (Å²) < 4.78 is 12.4. The van der Waals surface area contributed by atoms with E-state index in [0.717, 1.165) is 24.8 Å². The molecule has 6 nitrogen and oxygen atoms in total. The van der Waals surface area contributed by atoms with Crippen LogP contribution in [0, 0.1) is 5.92 Å². The average Bonchev–Trinajstić information content (AvgIpc) is 2.59. The van der Waals surface area contributed by atoms with Crippen molar-refractivity contribution in [3.8, 4) is 0 Å². The van der Waals surface area contributed by atoms with E-state index < -0.39 is 19.4 Å². The molecule has 0 saturated carbocycles. The van der Waals surface area contributed by atoms with Gasteiger partial charge in [-0.25, -0.2) is 4.79 Å². The topological polar surface area (TPSA) is 107 Å². The summed E-state index contributed by atoms with van der Waals surface area (Å²) in [5.41, 5.74) is 1.11. The van der Waals surface area contributed by atoms with E-state index in [9.17, 15) is 19.4 Å². The molecule has 2 rings (SSSR count). The maximum atomic E-state index is 12.4. The number of carboxylic acid groups (broad SMARTS) is 1. The Labute approximate surface area is 172 Å². The van der Waals surface area contributed by atoms with Gasteiger partial charge in [0.2, 0.25) is 7.37 Å². The van der Waals surface area contributed by atoms with Crippen molar-refractivity contribution >= 4 is 32.2 Å². The Morgan fingerprint density at radius 1 is 1.30 bits per heavy atom. The number of nitrogens with one attached hydrogen (secondary N) is 1. The second-order valence-electron chi connectivity index (χ2n) is 7.07. The summed E-state index contributed by atoms with van der Waals surface area (Å²) >= 11 is 0. The van der Waals surface area contributed by atoms with Gasteiger partial charge in [-0.1, -0.05) is 24.3 Å². The van der Waals surface area contributed by atoms with Crippen molar-refractivity contribution < 1.29 is 24.5 Å². The van der Waals surface area contributed by atoms with E-state index in [0.29, 0.717) is 0 Å². The molecule has 8 heteroatoms. The summed E-state index contributed by atoms with van der Waals surface area (Å²) in [7, 11) is -3.36. The Hall–Kier alpha value is -0.863. The molecule has 2 unspecified atom stereocenters. The normalized spacial score (nSPS) is 20.9. The van der Waals surface area contributed by atoms with Gasteiger partial charge >= 0.3 is 24.8 Å². The monoisotopic (exact) mass is 389 g/mol. The van der Waals surface area contributed by atoms with Gasteiger partial charge in [0, 0.05) is 18.7 Å². The van der Waals surface area contributed by atoms with Crippen LogP contribution in [0.5, 0.6) is 0 Å². The molecule has 1 aromatic carbocycles. The summed E-state index contributed by atoms with van der Waals surface area (Å²) in [5.74, 6) is -0.748. The molecule has 0 radical (unpaired) electrons. The molecule has 1 aromatic rings. The fraction of sp³-hybridized carbons (Fsp3) is 0.526. The third-order valence-corrected chi connectivity index (χ3v) is 6.81. The van der Waals surface area contributed by atoms with Crippen molar-refractivity contribution in [2.45, 2.75) is 38.3 Å². The van der Waals surface area contributed by atoms with Crippen LogP contribution in [0.4, 0.5) is 0 Å². The summed E-state index contributed by atoms with van der Waals surface area (Å²) in [6.45, 7) is 2.10. The Morgan fingerprint density at radius 3 is 2.52 bits per heavy atom. The molecule has 0 aliphatic heterocycles. The SMILES string of the molecule is C[C@H](NC[C@@H](O)CP(=O)(O)CC1CC=CCC1)c1ccc(C(=O)O)cc1.[LiH]. The zero-order valence-corrected chi connectivity index (χ0v) is 15.9. The van der Waals surface area contributed by atoms with Gasteiger partial charge in [-0.2, -0.15) is 0 Å². The van der Waals surface area contributed by atoms with Gasteiger partial charge in [0.05, 0.1) is 17.8 Å². The van der Waals surface area contributed by atoms with E-state index in [1.54, 1.807) is 12.1 Å². The molecule has 0 bridgehead atoms. The maximum absolute atomic E-state index is 12.4. The number of hydrogen-bond acceptors (Lipinski definition) is 4. The average molecular weight is 389 g/mol. The molecule has 0 fully saturated rings. The molecule has 0 spiro atoms. The molecule has 4 atom stereocenters. The van der Waals surface area contributed by atoms with Crippen LogP contribution >= 0.6 is 7.37 Å². The van der Waals surface area contributed by atoms with Crippen LogP contribution in [-0.2, 0) is 4.57 Å². The third kappa shape index (κ3) is 8.35. The van der Waals surface area contributed by atoms with E-state index >= 15 is 0 Å². The van der Waals surface area contributed by atoms with Crippen molar-refractivity contribution in [1.82, 2.24) is 5.32 Å². The van der Waals surface area contributed by atoms with Gasteiger partial charge < -0.3 is 20.4 Å². The minimum absolute atomic E-state index is 0. The zero-order valence-electron chi connectivity index (χ0n) is 15.0. The molecule has 0 heterocycles. The molecule has 1 aliphatic carbocycles. The first kappa shape index (κ1) is 24.2. The fourth-order valence-corrected chi connectivity index (χ4v) is 5.31. The molecule has 146 valence electrons. The summed E-state index contributed by atoms with van der Waals surface area (Å²) in [6.07, 6.45) is 6.14. The molecule has 4 N–H and O–H groups in total. The second-order valence-corrected chi connectivity index (χ2v) is 9.50. The van der Waals surface area contributed by atoms with Crippen LogP contribution in [0.3, 0.4) is 0 Å². The van der Waals surface area contributed by atoms with E-state index in [-0.39, 0.29) is 55.3 Å². The quantitative estimate of drug-likeness (QED) is 0.294. The van der Waals surface area contributed by atoms with Gasteiger partial charge in [0.15, 0.2) is 0 Å². The Morgan fingerprint density at radius 2 is 1.96 bits per heavy atom. The Balaban J connectivity index is 0.00000364. The van der Waals surface area contributed by atoms with Gasteiger partial charge in [-0.05, 0) is 49.8 Å². The van der Waals surface area contributed by atoms with E-state index in [1.165, 1.54) is 12.1 Å². The van der Waals surface area contributed by atoms with Crippen LogP contribution in [0.15, 0.2) is 36.4 Å². The number of aliphatic hydroxyl groups is 1. The van der Waals surface area contributed by atoms with Crippen molar-refractivity contribution in [2.75, 3.05) is 18.9 Å². The Kier molecular flexibility index (Phi) is 10.0. The minimum atomic E-state index is -3.36. The van der Waals surface area contributed by atoms with Crippen LogP contribution in [0.2, 0.25) is 0 Å². The van der Waals surface area contributed by atoms with E-state index in [4.69, 9.17) is 5.11 Å². The fourth-order valence-electron chi connectivity index (χ4n) is 3.24. The first-order chi connectivity index (χ1) is 12.3. The van der Waals surface area contributed by atoms with Crippen LogP contribution in [-0.4, -0.2) is 64.9 Å². The number of rotatable bonds is 9. The predicted molar refractivity (Wildman–Crippen MR) is 109 cm³/mol. The summed E-state index contributed by atoms with van der Waals surface area (Å²) in [5, 5.41) is 22.2. The molecule has 0 saturated heterocycles. The van der Waals surface area contributed by atoms with E-state index in [1.807, 2.05) is 6.92 Å². The first-order valence-corrected chi connectivity index (χ1v) is 11.0. The number of carbonyl (C=O) groups is 1. The zero-order chi connectivity index (χ0) is 19.2. The van der Waals surface area contributed by atoms with Crippen molar-refractivity contribution in [1.29, 1.82) is 0 Å². The van der Waals surface area contributed by atoms with Gasteiger partial charge in [0.25, 0.3) is 0 Å². The van der Waals surface area contributed by atoms with Crippen molar-refractivity contribution in [3.05, 3.63) is 47.5 Å². The molecule has 1 aliphatic rings. The summed E-state index contributed by atoms with van der Waals surface area (Å²) in [4.78, 5) is 21.1. The molecular formula is C19H29LiNO5P. The molecule has 0 aromatic heterocycles. The number of aromatic carboxylic acids is 1. The van der Waals surface area contributed by atoms with Gasteiger partial charge in [-0.15, -0.1) is 0 Å².